The van der Waals surface area contributed by atoms with E-state index in [1.165, 1.54) is 25.9 Å². The third-order valence-corrected chi connectivity index (χ3v) is 2.75. The standard InChI is InChI=1S/C9H19NO/c1-8(7-11)9-4-3-5-10(2)6-9/h8-9,11H,3-7H2,1-2H3. The molecule has 1 rings (SSSR count). The van der Waals surface area contributed by atoms with Gasteiger partial charge in [-0.15, -0.1) is 0 Å². The third-order valence-electron chi connectivity index (χ3n) is 2.75. The van der Waals surface area contributed by atoms with Crippen molar-refractivity contribution in [1.29, 1.82) is 0 Å². The summed E-state index contributed by atoms with van der Waals surface area (Å²) in [5.74, 6) is 1.21. The maximum atomic E-state index is 8.95. The molecule has 2 atom stereocenters. The predicted molar refractivity (Wildman–Crippen MR) is 46.5 cm³/mol. The van der Waals surface area contributed by atoms with E-state index < -0.39 is 0 Å². The molecule has 1 fully saturated rings. The highest BCUT2D eigenvalue weighted by Gasteiger charge is 2.21. The van der Waals surface area contributed by atoms with Gasteiger partial charge in [0.25, 0.3) is 0 Å². The van der Waals surface area contributed by atoms with Crippen molar-refractivity contribution in [1.82, 2.24) is 4.90 Å². The van der Waals surface area contributed by atoms with Crippen LogP contribution in [-0.4, -0.2) is 36.8 Å². The number of likely N-dealkylation sites (tertiary alicyclic amines) is 1. The molecule has 1 N–H and O–H groups in total. The van der Waals surface area contributed by atoms with E-state index in [1.807, 2.05) is 0 Å². The fourth-order valence-corrected chi connectivity index (χ4v) is 1.82. The van der Waals surface area contributed by atoms with E-state index in [-0.39, 0.29) is 0 Å². The van der Waals surface area contributed by atoms with Gasteiger partial charge in [-0.1, -0.05) is 6.92 Å². The fraction of sp³-hybridized carbons (Fsp3) is 1.00. The molecule has 2 unspecified atom stereocenters. The molecule has 0 radical (unpaired) electrons. The van der Waals surface area contributed by atoms with Gasteiger partial charge in [-0.05, 0) is 38.3 Å². The zero-order valence-electron chi connectivity index (χ0n) is 7.58. The zero-order valence-corrected chi connectivity index (χ0v) is 7.58. The fourth-order valence-electron chi connectivity index (χ4n) is 1.82. The van der Waals surface area contributed by atoms with E-state index in [0.29, 0.717) is 12.5 Å². The molecule has 1 aliphatic heterocycles. The molecule has 1 aliphatic rings. The van der Waals surface area contributed by atoms with Gasteiger partial charge in [0.2, 0.25) is 0 Å². The number of aliphatic hydroxyl groups excluding tert-OH is 1. The Balaban J connectivity index is 2.33. The molecule has 66 valence electrons. The number of hydrogen-bond donors (Lipinski definition) is 1. The quantitative estimate of drug-likeness (QED) is 0.645. The van der Waals surface area contributed by atoms with Crippen LogP contribution < -0.4 is 0 Å². The van der Waals surface area contributed by atoms with Crippen LogP contribution in [0.5, 0.6) is 0 Å². The highest BCUT2D eigenvalue weighted by molar-refractivity contribution is 4.74. The van der Waals surface area contributed by atoms with Crippen LogP contribution in [0.4, 0.5) is 0 Å². The first-order valence-corrected chi connectivity index (χ1v) is 4.53. The maximum absolute atomic E-state index is 8.95. The molecule has 0 amide bonds. The Morgan fingerprint density at radius 3 is 2.91 bits per heavy atom. The summed E-state index contributed by atoms with van der Waals surface area (Å²) >= 11 is 0. The highest BCUT2D eigenvalue weighted by Crippen LogP contribution is 2.22. The van der Waals surface area contributed by atoms with Gasteiger partial charge in [0.15, 0.2) is 0 Å². The first-order valence-electron chi connectivity index (χ1n) is 4.53. The smallest absolute Gasteiger partial charge is 0.0459 e. The average Bonchev–Trinajstić information content (AvgIpc) is 2.03. The van der Waals surface area contributed by atoms with Crippen molar-refractivity contribution in [2.24, 2.45) is 11.8 Å². The Bertz CT molecular complexity index is 116. The number of aliphatic hydroxyl groups is 1. The largest absolute Gasteiger partial charge is 0.396 e. The molecule has 0 spiro atoms. The van der Waals surface area contributed by atoms with Gasteiger partial charge in [0.05, 0.1) is 0 Å². The lowest BCUT2D eigenvalue weighted by atomic mass is 9.87. The van der Waals surface area contributed by atoms with E-state index in [0.717, 1.165) is 5.92 Å². The minimum Gasteiger partial charge on any atom is -0.396 e. The number of hydrogen-bond acceptors (Lipinski definition) is 2. The van der Waals surface area contributed by atoms with Crippen molar-refractivity contribution in [3.63, 3.8) is 0 Å². The molecule has 11 heavy (non-hydrogen) atoms. The lowest BCUT2D eigenvalue weighted by molar-refractivity contribution is 0.120. The first kappa shape index (κ1) is 9.01. The van der Waals surface area contributed by atoms with Crippen LogP contribution in [0.25, 0.3) is 0 Å². The van der Waals surface area contributed by atoms with E-state index in [1.54, 1.807) is 0 Å². The van der Waals surface area contributed by atoms with E-state index in [2.05, 4.69) is 18.9 Å². The lowest BCUT2D eigenvalue weighted by Gasteiger charge is -2.32. The lowest BCUT2D eigenvalue weighted by Crippen LogP contribution is -2.35. The van der Waals surface area contributed by atoms with Crippen molar-refractivity contribution < 1.29 is 5.11 Å². The Kier molecular flexibility index (Phi) is 3.34. The molecule has 2 nitrogen and oxygen atoms in total. The topological polar surface area (TPSA) is 23.5 Å². The molecule has 0 aliphatic carbocycles. The maximum Gasteiger partial charge on any atom is 0.0459 e. The van der Waals surface area contributed by atoms with Gasteiger partial charge in [-0.3, -0.25) is 0 Å². The first-order chi connectivity index (χ1) is 5.24. The van der Waals surface area contributed by atoms with E-state index in [9.17, 15) is 0 Å². The number of nitrogens with zero attached hydrogens (tertiary/aromatic N) is 1. The van der Waals surface area contributed by atoms with Gasteiger partial charge >= 0.3 is 0 Å². The van der Waals surface area contributed by atoms with Crippen molar-refractivity contribution in [2.45, 2.75) is 19.8 Å². The summed E-state index contributed by atoms with van der Waals surface area (Å²) in [7, 11) is 2.16. The van der Waals surface area contributed by atoms with Crippen LogP contribution in [0, 0.1) is 11.8 Å². The molecule has 0 bridgehead atoms. The van der Waals surface area contributed by atoms with Crippen LogP contribution in [-0.2, 0) is 0 Å². The molecular weight excluding hydrogens is 138 g/mol. The molecular formula is C9H19NO. The molecule has 0 aromatic heterocycles. The van der Waals surface area contributed by atoms with E-state index >= 15 is 0 Å². The Morgan fingerprint density at radius 1 is 1.64 bits per heavy atom. The number of rotatable bonds is 2. The van der Waals surface area contributed by atoms with Crippen LogP contribution in [0.15, 0.2) is 0 Å². The van der Waals surface area contributed by atoms with Gasteiger partial charge in [-0.25, -0.2) is 0 Å². The Morgan fingerprint density at radius 2 is 2.36 bits per heavy atom. The summed E-state index contributed by atoms with van der Waals surface area (Å²) in [6.45, 7) is 4.89. The summed E-state index contributed by atoms with van der Waals surface area (Å²) in [5.41, 5.74) is 0. The van der Waals surface area contributed by atoms with Gasteiger partial charge in [-0.2, -0.15) is 0 Å². The second kappa shape index (κ2) is 4.07. The summed E-state index contributed by atoms with van der Waals surface area (Å²) in [6, 6.07) is 0. The molecule has 2 heteroatoms. The normalized spacial score (nSPS) is 30.3. The monoisotopic (exact) mass is 157 g/mol. The van der Waals surface area contributed by atoms with Crippen LogP contribution in [0.1, 0.15) is 19.8 Å². The number of piperidine rings is 1. The van der Waals surface area contributed by atoms with Crippen molar-refractivity contribution >= 4 is 0 Å². The van der Waals surface area contributed by atoms with Gasteiger partial charge < -0.3 is 10.0 Å². The summed E-state index contributed by atoms with van der Waals surface area (Å²) in [5, 5.41) is 8.95. The highest BCUT2D eigenvalue weighted by atomic mass is 16.3. The van der Waals surface area contributed by atoms with Crippen molar-refractivity contribution in [3.05, 3.63) is 0 Å². The molecule has 0 aromatic carbocycles. The van der Waals surface area contributed by atoms with E-state index in [4.69, 9.17) is 5.11 Å². The average molecular weight is 157 g/mol. The predicted octanol–water partition coefficient (Wildman–Crippen LogP) is 0.957. The minimum absolute atomic E-state index is 0.346. The Hall–Kier alpha value is -0.0800. The molecule has 0 saturated carbocycles. The van der Waals surface area contributed by atoms with Gasteiger partial charge in [0.1, 0.15) is 0 Å². The summed E-state index contributed by atoms with van der Waals surface area (Å²) in [4.78, 5) is 2.36. The zero-order chi connectivity index (χ0) is 8.27. The second-order valence-electron chi connectivity index (χ2n) is 3.82. The Labute approximate surface area is 69.2 Å². The van der Waals surface area contributed by atoms with Crippen molar-refractivity contribution in [3.8, 4) is 0 Å². The SMILES string of the molecule is CC(CO)C1CCCN(C)C1. The van der Waals surface area contributed by atoms with Crippen LogP contribution in [0.2, 0.25) is 0 Å². The third kappa shape index (κ3) is 2.46. The summed E-state index contributed by atoms with van der Waals surface area (Å²) in [6.07, 6.45) is 2.59. The second-order valence-corrected chi connectivity index (χ2v) is 3.82. The minimum atomic E-state index is 0.346. The van der Waals surface area contributed by atoms with Crippen LogP contribution in [0.3, 0.4) is 0 Å². The molecule has 1 saturated heterocycles. The van der Waals surface area contributed by atoms with Crippen LogP contribution >= 0.6 is 0 Å². The summed E-state index contributed by atoms with van der Waals surface area (Å²) < 4.78 is 0. The molecule has 1 heterocycles. The molecule has 0 aromatic rings. The van der Waals surface area contributed by atoms with Gasteiger partial charge in [0, 0.05) is 13.2 Å². The van der Waals surface area contributed by atoms with Crippen molar-refractivity contribution in [2.75, 3.05) is 26.7 Å².